The molecule has 0 aromatic carbocycles. The second-order valence-electron chi connectivity index (χ2n) is 4.57. The molecule has 0 amide bonds. The Morgan fingerprint density at radius 1 is 1.44 bits per heavy atom. The zero-order valence-corrected chi connectivity index (χ0v) is 11.2. The largest absolute Gasteiger partial charge is 0.409 e. The van der Waals surface area contributed by atoms with Crippen molar-refractivity contribution in [2.75, 3.05) is 0 Å². The van der Waals surface area contributed by atoms with Gasteiger partial charge in [0.05, 0.1) is 0 Å². The van der Waals surface area contributed by atoms with Crippen LogP contribution in [-0.2, 0) is 5.75 Å². The number of oxime groups is 1. The maximum Gasteiger partial charge on any atom is 0.189 e. The number of thioether (sulfide) groups is 1. The standard InChI is InChI=1S/C13H19N3OS/c14-13(16-17)12-10(5-4-8-15-12)9-18-11-6-2-1-3-7-11/h4-5,8,11,17H,1-3,6-7,9H2,(H2,14,16). The van der Waals surface area contributed by atoms with Gasteiger partial charge in [-0.25, -0.2) is 0 Å². The number of nitrogens with zero attached hydrogens (tertiary/aromatic N) is 2. The number of nitrogens with two attached hydrogens (primary N) is 1. The third kappa shape index (κ3) is 3.38. The van der Waals surface area contributed by atoms with E-state index in [1.807, 2.05) is 23.9 Å². The van der Waals surface area contributed by atoms with Crippen LogP contribution in [0.15, 0.2) is 23.5 Å². The number of pyridine rings is 1. The highest BCUT2D eigenvalue weighted by atomic mass is 32.2. The van der Waals surface area contributed by atoms with Crippen LogP contribution in [0.1, 0.15) is 43.4 Å². The smallest absolute Gasteiger partial charge is 0.189 e. The van der Waals surface area contributed by atoms with E-state index >= 15 is 0 Å². The molecule has 0 aliphatic heterocycles. The highest BCUT2D eigenvalue weighted by molar-refractivity contribution is 7.99. The lowest BCUT2D eigenvalue weighted by atomic mass is 10.0. The summed E-state index contributed by atoms with van der Waals surface area (Å²) in [5, 5.41) is 12.5. The van der Waals surface area contributed by atoms with Crippen LogP contribution >= 0.6 is 11.8 Å². The zero-order chi connectivity index (χ0) is 12.8. The van der Waals surface area contributed by atoms with Gasteiger partial charge in [0.25, 0.3) is 0 Å². The van der Waals surface area contributed by atoms with E-state index in [-0.39, 0.29) is 5.84 Å². The Hall–Kier alpha value is -1.23. The van der Waals surface area contributed by atoms with Crippen molar-refractivity contribution in [3.63, 3.8) is 0 Å². The topological polar surface area (TPSA) is 71.5 Å². The van der Waals surface area contributed by atoms with Gasteiger partial charge in [0.2, 0.25) is 0 Å². The number of amidine groups is 1. The van der Waals surface area contributed by atoms with Crippen molar-refractivity contribution in [3.05, 3.63) is 29.6 Å². The SMILES string of the molecule is NC(=NO)c1ncccc1CSC1CCCCC1. The maximum absolute atomic E-state index is 8.75. The van der Waals surface area contributed by atoms with Crippen molar-refractivity contribution in [1.29, 1.82) is 0 Å². The third-order valence-corrected chi connectivity index (χ3v) is 4.69. The van der Waals surface area contributed by atoms with E-state index in [2.05, 4.69) is 10.1 Å². The van der Waals surface area contributed by atoms with Gasteiger partial charge in [-0.2, -0.15) is 11.8 Å². The predicted molar refractivity (Wildman–Crippen MR) is 74.9 cm³/mol. The fourth-order valence-corrected chi connectivity index (χ4v) is 3.59. The molecule has 98 valence electrons. The second-order valence-corrected chi connectivity index (χ2v) is 5.86. The molecule has 0 unspecified atom stereocenters. The molecule has 0 saturated heterocycles. The normalized spacial score (nSPS) is 17.9. The molecule has 18 heavy (non-hydrogen) atoms. The third-order valence-electron chi connectivity index (χ3n) is 3.27. The number of hydrogen-bond donors (Lipinski definition) is 2. The van der Waals surface area contributed by atoms with Crippen LogP contribution in [0.3, 0.4) is 0 Å². The quantitative estimate of drug-likeness (QED) is 0.380. The van der Waals surface area contributed by atoms with Gasteiger partial charge in [-0.1, -0.05) is 30.5 Å². The van der Waals surface area contributed by atoms with Crippen molar-refractivity contribution in [2.45, 2.75) is 43.1 Å². The summed E-state index contributed by atoms with van der Waals surface area (Å²) in [4.78, 5) is 4.18. The molecule has 0 bridgehead atoms. The fraction of sp³-hybridized carbons (Fsp3) is 0.538. The maximum atomic E-state index is 8.75. The Bertz CT molecular complexity index is 416. The van der Waals surface area contributed by atoms with Gasteiger partial charge in [-0.05, 0) is 24.5 Å². The fourth-order valence-electron chi connectivity index (χ4n) is 2.27. The minimum absolute atomic E-state index is 0.0924. The summed E-state index contributed by atoms with van der Waals surface area (Å²) >= 11 is 1.96. The first-order valence-electron chi connectivity index (χ1n) is 6.34. The van der Waals surface area contributed by atoms with Gasteiger partial charge in [0.1, 0.15) is 5.69 Å². The summed E-state index contributed by atoms with van der Waals surface area (Å²) in [6.45, 7) is 0. The van der Waals surface area contributed by atoms with E-state index in [1.54, 1.807) is 6.20 Å². The van der Waals surface area contributed by atoms with E-state index in [4.69, 9.17) is 10.9 Å². The zero-order valence-electron chi connectivity index (χ0n) is 10.4. The molecule has 1 heterocycles. The summed E-state index contributed by atoms with van der Waals surface area (Å²) in [5.74, 6) is 0.971. The molecule has 1 saturated carbocycles. The summed E-state index contributed by atoms with van der Waals surface area (Å²) in [7, 11) is 0. The average Bonchev–Trinajstić information content (AvgIpc) is 2.45. The van der Waals surface area contributed by atoms with Gasteiger partial charge in [0.15, 0.2) is 5.84 Å². The first-order valence-corrected chi connectivity index (χ1v) is 7.39. The van der Waals surface area contributed by atoms with Crippen LogP contribution in [0, 0.1) is 0 Å². The van der Waals surface area contributed by atoms with Crippen molar-refractivity contribution >= 4 is 17.6 Å². The molecule has 1 fully saturated rings. The minimum Gasteiger partial charge on any atom is -0.409 e. The Morgan fingerprint density at radius 2 is 2.22 bits per heavy atom. The van der Waals surface area contributed by atoms with Crippen molar-refractivity contribution < 1.29 is 5.21 Å². The summed E-state index contributed by atoms with van der Waals surface area (Å²) in [5.41, 5.74) is 7.28. The average molecular weight is 265 g/mol. The highest BCUT2D eigenvalue weighted by Gasteiger charge is 2.15. The van der Waals surface area contributed by atoms with E-state index in [0.717, 1.165) is 16.6 Å². The molecule has 2 rings (SSSR count). The summed E-state index contributed by atoms with van der Waals surface area (Å²) < 4.78 is 0. The Balaban J connectivity index is 2.00. The van der Waals surface area contributed by atoms with Crippen LogP contribution in [0.2, 0.25) is 0 Å². The molecule has 0 radical (unpaired) electrons. The van der Waals surface area contributed by atoms with Gasteiger partial charge >= 0.3 is 0 Å². The lowest BCUT2D eigenvalue weighted by Crippen LogP contribution is -2.17. The van der Waals surface area contributed by atoms with E-state index in [1.165, 1.54) is 32.1 Å². The summed E-state index contributed by atoms with van der Waals surface area (Å²) in [6.07, 6.45) is 8.35. The molecule has 1 aliphatic rings. The molecule has 5 heteroatoms. The Morgan fingerprint density at radius 3 is 2.94 bits per heavy atom. The van der Waals surface area contributed by atoms with Gasteiger partial charge < -0.3 is 10.9 Å². The van der Waals surface area contributed by atoms with Crippen LogP contribution in [0.4, 0.5) is 0 Å². The van der Waals surface area contributed by atoms with Crippen LogP contribution in [-0.4, -0.2) is 21.3 Å². The number of aromatic nitrogens is 1. The van der Waals surface area contributed by atoms with E-state index in [9.17, 15) is 0 Å². The molecule has 4 nitrogen and oxygen atoms in total. The predicted octanol–water partition coefficient (Wildman–Crippen LogP) is 2.74. The van der Waals surface area contributed by atoms with Crippen LogP contribution in [0.25, 0.3) is 0 Å². The van der Waals surface area contributed by atoms with Crippen molar-refractivity contribution in [1.82, 2.24) is 4.98 Å². The molecule has 0 atom stereocenters. The molecule has 1 aromatic rings. The highest BCUT2D eigenvalue weighted by Crippen LogP contribution is 2.30. The molecule has 0 spiro atoms. The molecule has 3 N–H and O–H groups in total. The van der Waals surface area contributed by atoms with Gasteiger partial charge in [-0.15, -0.1) is 0 Å². The first kappa shape index (κ1) is 13.2. The van der Waals surface area contributed by atoms with E-state index in [0.29, 0.717) is 5.69 Å². The Kier molecular flexibility index (Phi) is 4.87. The Labute approximate surface area is 112 Å². The summed E-state index contributed by atoms with van der Waals surface area (Å²) in [6, 6.07) is 3.89. The molecular weight excluding hydrogens is 246 g/mol. The minimum atomic E-state index is 0.0924. The van der Waals surface area contributed by atoms with E-state index < -0.39 is 0 Å². The monoisotopic (exact) mass is 265 g/mol. The van der Waals surface area contributed by atoms with Gasteiger partial charge in [0, 0.05) is 17.2 Å². The number of hydrogen-bond acceptors (Lipinski definition) is 4. The van der Waals surface area contributed by atoms with Crippen molar-refractivity contribution in [3.8, 4) is 0 Å². The second kappa shape index (κ2) is 6.64. The van der Waals surface area contributed by atoms with Crippen LogP contribution in [0.5, 0.6) is 0 Å². The lowest BCUT2D eigenvalue weighted by Gasteiger charge is -2.21. The van der Waals surface area contributed by atoms with Crippen LogP contribution < -0.4 is 5.73 Å². The molecule has 1 aliphatic carbocycles. The molecule has 1 aromatic heterocycles. The number of rotatable bonds is 4. The lowest BCUT2D eigenvalue weighted by molar-refractivity contribution is 0.318. The first-order chi connectivity index (χ1) is 8.81. The van der Waals surface area contributed by atoms with Gasteiger partial charge in [-0.3, -0.25) is 4.98 Å². The van der Waals surface area contributed by atoms with Crippen molar-refractivity contribution in [2.24, 2.45) is 10.9 Å². The molecular formula is C13H19N3OS.